The van der Waals surface area contributed by atoms with Crippen molar-refractivity contribution in [1.82, 2.24) is 4.98 Å². The van der Waals surface area contributed by atoms with Gasteiger partial charge in [-0.15, -0.1) is 0 Å². The van der Waals surface area contributed by atoms with Crippen LogP contribution < -0.4 is 9.64 Å². The van der Waals surface area contributed by atoms with Gasteiger partial charge in [0.05, 0.1) is 13.7 Å². The zero-order valence-electron chi connectivity index (χ0n) is 10.9. The molecule has 0 radical (unpaired) electrons. The normalized spacial score (nSPS) is 13.6. The number of carbonyl (C=O) groups excluding carboxylic acids is 2. The van der Waals surface area contributed by atoms with E-state index < -0.39 is 11.7 Å². The summed E-state index contributed by atoms with van der Waals surface area (Å²) in [4.78, 5) is 29.7. The Morgan fingerprint density at radius 1 is 1.15 bits per heavy atom. The lowest BCUT2D eigenvalue weighted by atomic mass is 10.2. The summed E-state index contributed by atoms with van der Waals surface area (Å²) in [7, 11) is 1.47. The number of nitrogens with zero attached hydrogens (tertiary/aromatic N) is 2. The van der Waals surface area contributed by atoms with Gasteiger partial charge in [0.1, 0.15) is 11.3 Å². The van der Waals surface area contributed by atoms with Gasteiger partial charge in [-0.2, -0.15) is 0 Å². The number of fused-ring (bicyclic) bond motifs is 1. The minimum absolute atomic E-state index is 0.246. The van der Waals surface area contributed by atoms with Gasteiger partial charge < -0.3 is 4.74 Å². The summed E-state index contributed by atoms with van der Waals surface area (Å²) in [5.74, 6) is -0.395. The Balaban J connectivity index is 2.03. The highest BCUT2D eigenvalue weighted by molar-refractivity contribution is 6.52. The minimum Gasteiger partial charge on any atom is -0.496 e. The number of hydrogen-bond donors (Lipinski definition) is 0. The van der Waals surface area contributed by atoms with Crippen molar-refractivity contribution in [2.45, 2.75) is 6.54 Å². The van der Waals surface area contributed by atoms with Gasteiger partial charge in [-0.1, -0.05) is 30.3 Å². The van der Waals surface area contributed by atoms with Crippen LogP contribution in [0.15, 0.2) is 42.6 Å². The van der Waals surface area contributed by atoms with Gasteiger partial charge in [-0.3, -0.25) is 14.5 Å². The van der Waals surface area contributed by atoms with E-state index in [0.717, 1.165) is 5.56 Å². The van der Waals surface area contributed by atoms with Crippen molar-refractivity contribution in [3.05, 3.63) is 53.7 Å². The molecule has 0 saturated carbocycles. The molecular formula is C15H12N2O3. The average molecular weight is 268 g/mol. The number of amides is 1. The number of rotatable bonds is 3. The molecule has 3 rings (SSSR count). The van der Waals surface area contributed by atoms with Crippen LogP contribution >= 0.6 is 0 Å². The molecule has 2 heterocycles. The molecule has 5 heteroatoms. The summed E-state index contributed by atoms with van der Waals surface area (Å²) in [6.07, 6.45) is 1.53. The smallest absolute Gasteiger partial charge is 0.301 e. The Labute approximate surface area is 115 Å². The van der Waals surface area contributed by atoms with Crippen molar-refractivity contribution in [3.8, 4) is 5.75 Å². The summed E-state index contributed by atoms with van der Waals surface area (Å²) < 4.78 is 5.13. The molecule has 1 aliphatic heterocycles. The van der Waals surface area contributed by atoms with Crippen molar-refractivity contribution < 1.29 is 14.3 Å². The van der Waals surface area contributed by atoms with Gasteiger partial charge in [-0.25, -0.2) is 4.98 Å². The lowest BCUT2D eigenvalue weighted by Gasteiger charge is -2.15. The molecule has 0 unspecified atom stereocenters. The van der Waals surface area contributed by atoms with E-state index in [2.05, 4.69) is 4.98 Å². The molecule has 100 valence electrons. The Bertz CT molecular complexity index is 683. The van der Waals surface area contributed by atoms with Crippen LogP contribution in [-0.4, -0.2) is 23.8 Å². The summed E-state index contributed by atoms with van der Waals surface area (Å²) in [5, 5.41) is 0. The zero-order chi connectivity index (χ0) is 14.1. The number of Topliss-reactive ketones (excluding diaryl/α,β-unsaturated/α-hetero) is 1. The quantitative estimate of drug-likeness (QED) is 0.797. The molecule has 1 aliphatic rings. The number of aromatic nitrogens is 1. The van der Waals surface area contributed by atoms with Crippen LogP contribution in [0, 0.1) is 0 Å². The molecule has 0 fully saturated rings. The fourth-order valence-electron chi connectivity index (χ4n) is 2.26. The van der Waals surface area contributed by atoms with Crippen molar-refractivity contribution in [2.75, 3.05) is 12.0 Å². The van der Waals surface area contributed by atoms with Crippen molar-refractivity contribution in [2.24, 2.45) is 0 Å². The van der Waals surface area contributed by atoms with Crippen LogP contribution in [-0.2, 0) is 11.3 Å². The summed E-state index contributed by atoms with van der Waals surface area (Å²) in [6.45, 7) is 0.318. The Morgan fingerprint density at radius 3 is 2.60 bits per heavy atom. The molecule has 1 aromatic heterocycles. The monoisotopic (exact) mass is 268 g/mol. The second kappa shape index (κ2) is 4.77. The van der Waals surface area contributed by atoms with E-state index in [4.69, 9.17) is 4.74 Å². The standard InChI is InChI=1S/C15H12N2O3/c1-20-11-7-8-16-14-12(11)13(18)15(19)17(14)9-10-5-3-2-4-6-10/h2-8H,9H2,1H3. The van der Waals surface area contributed by atoms with Gasteiger partial charge in [-0.05, 0) is 11.6 Å². The second-order valence-corrected chi connectivity index (χ2v) is 4.42. The first-order valence-corrected chi connectivity index (χ1v) is 6.15. The number of ether oxygens (including phenoxy) is 1. The van der Waals surface area contributed by atoms with Gasteiger partial charge in [0.25, 0.3) is 5.78 Å². The molecule has 0 atom stereocenters. The number of pyridine rings is 1. The van der Waals surface area contributed by atoms with E-state index in [-0.39, 0.29) is 5.56 Å². The predicted octanol–water partition coefficient (Wildman–Crippen LogP) is 1.82. The van der Waals surface area contributed by atoms with E-state index in [0.29, 0.717) is 18.1 Å². The molecule has 2 aromatic rings. The number of methoxy groups -OCH3 is 1. The van der Waals surface area contributed by atoms with Crippen LogP contribution in [0.1, 0.15) is 15.9 Å². The maximum atomic E-state index is 12.1. The van der Waals surface area contributed by atoms with Crippen molar-refractivity contribution >= 4 is 17.5 Å². The van der Waals surface area contributed by atoms with Crippen molar-refractivity contribution in [1.29, 1.82) is 0 Å². The van der Waals surface area contributed by atoms with E-state index in [1.807, 2.05) is 30.3 Å². The van der Waals surface area contributed by atoms with Crippen LogP contribution in [0.2, 0.25) is 0 Å². The SMILES string of the molecule is COc1ccnc2c1C(=O)C(=O)N2Cc1ccccc1. The van der Waals surface area contributed by atoms with Gasteiger partial charge in [0, 0.05) is 6.20 Å². The number of hydrogen-bond acceptors (Lipinski definition) is 4. The maximum Gasteiger partial charge on any atom is 0.301 e. The molecule has 0 spiro atoms. The van der Waals surface area contributed by atoms with Crippen LogP contribution in [0.4, 0.5) is 5.82 Å². The maximum absolute atomic E-state index is 12.1. The fraction of sp³-hybridized carbons (Fsp3) is 0.133. The lowest BCUT2D eigenvalue weighted by molar-refractivity contribution is -0.114. The Hall–Kier alpha value is -2.69. The highest BCUT2D eigenvalue weighted by Crippen LogP contribution is 2.34. The van der Waals surface area contributed by atoms with E-state index in [9.17, 15) is 9.59 Å². The molecule has 5 nitrogen and oxygen atoms in total. The van der Waals surface area contributed by atoms with Gasteiger partial charge >= 0.3 is 5.91 Å². The van der Waals surface area contributed by atoms with Crippen LogP contribution in [0.25, 0.3) is 0 Å². The van der Waals surface area contributed by atoms with Crippen molar-refractivity contribution in [3.63, 3.8) is 0 Å². The molecular weight excluding hydrogens is 256 g/mol. The topological polar surface area (TPSA) is 59.5 Å². The third kappa shape index (κ3) is 1.84. The zero-order valence-corrected chi connectivity index (χ0v) is 10.9. The summed E-state index contributed by atoms with van der Waals surface area (Å²) in [6, 6.07) is 11.0. The molecule has 0 saturated heterocycles. The summed E-state index contributed by atoms with van der Waals surface area (Å²) in [5.41, 5.74) is 1.18. The fourth-order valence-corrected chi connectivity index (χ4v) is 2.26. The van der Waals surface area contributed by atoms with Gasteiger partial charge in [0.15, 0.2) is 5.82 Å². The first kappa shape index (κ1) is 12.3. The van der Waals surface area contributed by atoms with E-state index in [1.165, 1.54) is 18.2 Å². The largest absolute Gasteiger partial charge is 0.496 e. The third-order valence-corrected chi connectivity index (χ3v) is 3.22. The first-order chi connectivity index (χ1) is 9.72. The number of benzene rings is 1. The Morgan fingerprint density at radius 2 is 1.90 bits per heavy atom. The minimum atomic E-state index is -0.569. The van der Waals surface area contributed by atoms with Gasteiger partial charge in [0.2, 0.25) is 0 Å². The molecule has 1 aromatic carbocycles. The highest BCUT2D eigenvalue weighted by atomic mass is 16.5. The van der Waals surface area contributed by atoms with Crippen LogP contribution in [0.3, 0.4) is 0 Å². The summed E-state index contributed by atoms with van der Waals surface area (Å²) >= 11 is 0. The number of carbonyl (C=O) groups is 2. The van der Waals surface area contributed by atoms with Crippen LogP contribution in [0.5, 0.6) is 5.75 Å². The molecule has 1 amide bonds. The number of anilines is 1. The second-order valence-electron chi connectivity index (χ2n) is 4.42. The van der Waals surface area contributed by atoms with E-state index in [1.54, 1.807) is 6.07 Å². The lowest BCUT2D eigenvalue weighted by Crippen LogP contribution is -2.29. The predicted molar refractivity (Wildman–Crippen MR) is 72.8 cm³/mol. The number of ketones is 1. The average Bonchev–Trinajstić information content (AvgIpc) is 2.73. The van der Waals surface area contributed by atoms with E-state index >= 15 is 0 Å². The Kier molecular flexibility index (Phi) is 2.95. The molecule has 0 bridgehead atoms. The molecule has 0 N–H and O–H groups in total. The first-order valence-electron chi connectivity index (χ1n) is 6.15. The third-order valence-electron chi connectivity index (χ3n) is 3.22. The molecule has 20 heavy (non-hydrogen) atoms. The highest BCUT2D eigenvalue weighted by Gasteiger charge is 2.39. The molecule has 0 aliphatic carbocycles.